The van der Waals surface area contributed by atoms with Gasteiger partial charge in [-0.3, -0.25) is 9.67 Å². The maximum absolute atomic E-state index is 5.89. The molecule has 0 bridgehead atoms. The zero-order valence-corrected chi connectivity index (χ0v) is 10.3. The lowest BCUT2D eigenvalue weighted by atomic mass is 10.1. The number of nitrogens with two attached hydrogens (primary N) is 1. The van der Waals surface area contributed by atoms with Crippen molar-refractivity contribution in [2.45, 2.75) is 25.8 Å². The molecular weight excluding hydrogens is 216 g/mol. The summed E-state index contributed by atoms with van der Waals surface area (Å²) in [5.74, 6) is 0.545. The molecule has 5 heteroatoms. The molecule has 2 aromatic rings. The van der Waals surface area contributed by atoms with Crippen molar-refractivity contribution in [2.24, 2.45) is 0 Å². The number of pyridine rings is 1. The van der Waals surface area contributed by atoms with Crippen LogP contribution in [0.15, 0.2) is 18.5 Å². The average molecular weight is 234 g/mol. The van der Waals surface area contributed by atoms with E-state index in [-0.39, 0.29) is 0 Å². The van der Waals surface area contributed by atoms with Gasteiger partial charge in [0.2, 0.25) is 0 Å². The highest BCUT2D eigenvalue weighted by Crippen LogP contribution is 2.25. The van der Waals surface area contributed by atoms with Gasteiger partial charge < -0.3 is 10.5 Å². The largest absolute Gasteiger partial charge is 0.385 e. The summed E-state index contributed by atoms with van der Waals surface area (Å²) in [5.41, 5.74) is 6.94. The standard InChI is InChI=1S/C12H18N4O/c1-3-9(5-7-17-2)16-11-4-6-14-8-10(11)12(13)15-16/h4,6,8-9H,3,5,7H2,1-2H3,(H2,13,15). The second-order valence-electron chi connectivity index (χ2n) is 4.07. The zero-order chi connectivity index (χ0) is 12.3. The van der Waals surface area contributed by atoms with Gasteiger partial charge in [-0.05, 0) is 18.9 Å². The van der Waals surface area contributed by atoms with Crippen molar-refractivity contribution in [3.8, 4) is 0 Å². The molecular formula is C12H18N4O. The number of fused-ring (bicyclic) bond motifs is 1. The van der Waals surface area contributed by atoms with E-state index >= 15 is 0 Å². The number of anilines is 1. The minimum absolute atomic E-state index is 0.317. The molecule has 2 rings (SSSR count). The van der Waals surface area contributed by atoms with Crippen LogP contribution < -0.4 is 5.73 Å². The Hall–Kier alpha value is -1.62. The number of ether oxygens (including phenoxy) is 1. The van der Waals surface area contributed by atoms with Crippen LogP contribution in [0.25, 0.3) is 10.9 Å². The highest BCUT2D eigenvalue weighted by atomic mass is 16.5. The summed E-state index contributed by atoms with van der Waals surface area (Å²) in [7, 11) is 1.71. The van der Waals surface area contributed by atoms with Gasteiger partial charge in [0.1, 0.15) is 0 Å². The first-order chi connectivity index (χ1) is 8.27. The van der Waals surface area contributed by atoms with Crippen molar-refractivity contribution in [2.75, 3.05) is 19.5 Å². The predicted molar refractivity (Wildman–Crippen MR) is 67.8 cm³/mol. The molecule has 0 aromatic carbocycles. The number of methoxy groups -OCH3 is 1. The summed E-state index contributed by atoms with van der Waals surface area (Å²) < 4.78 is 7.12. The van der Waals surface area contributed by atoms with Crippen LogP contribution >= 0.6 is 0 Å². The fourth-order valence-corrected chi connectivity index (χ4v) is 2.04. The molecule has 0 amide bonds. The van der Waals surface area contributed by atoms with Crippen molar-refractivity contribution in [3.05, 3.63) is 18.5 Å². The summed E-state index contributed by atoms with van der Waals surface area (Å²) in [5, 5.41) is 5.33. The Morgan fingerprint density at radius 2 is 2.35 bits per heavy atom. The summed E-state index contributed by atoms with van der Waals surface area (Å²) in [6.45, 7) is 2.87. The number of aromatic nitrogens is 3. The maximum atomic E-state index is 5.89. The molecule has 0 fully saturated rings. The molecule has 2 N–H and O–H groups in total. The van der Waals surface area contributed by atoms with Crippen LogP contribution in [0.2, 0.25) is 0 Å². The maximum Gasteiger partial charge on any atom is 0.154 e. The molecule has 5 nitrogen and oxygen atoms in total. The number of nitrogen functional groups attached to an aromatic ring is 1. The van der Waals surface area contributed by atoms with Gasteiger partial charge in [-0.25, -0.2) is 0 Å². The Balaban J connectivity index is 2.39. The number of hydrogen-bond acceptors (Lipinski definition) is 4. The van der Waals surface area contributed by atoms with Gasteiger partial charge in [0.15, 0.2) is 5.82 Å². The minimum Gasteiger partial charge on any atom is -0.385 e. The van der Waals surface area contributed by atoms with Crippen molar-refractivity contribution < 1.29 is 4.74 Å². The van der Waals surface area contributed by atoms with E-state index in [0.717, 1.165) is 30.4 Å². The first-order valence-electron chi connectivity index (χ1n) is 5.84. The highest BCUT2D eigenvalue weighted by molar-refractivity contribution is 5.88. The van der Waals surface area contributed by atoms with E-state index in [2.05, 4.69) is 17.0 Å². The second-order valence-corrected chi connectivity index (χ2v) is 4.07. The van der Waals surface area contributed by atoms with Gasteiger partial charge in [0.05, 0.1) is 16.9 Å². The van der Waals surface area contributed by atoms with Gasteiger partial charge in [0.25, 0.3) is 0 Å². The Morgan fingerprint density at radius 1 is 1.53 bits per heavy atom. The summed E-state index contributed by atoms with van der Waals surface area (Å²) >= 11 is 0. The van der Waals surface area contributed by atoms with Gasteiger partial charge in [-0.2, -0.15) is 5.10 Å². The number of rotatable bonds is 5. The third-order valence-corrected chi connectivity index (χ3v) is 3.01. The smallest absolute Gasteiger partial charge is 0.154 e. The van der Waals surface area contributed by atoms with E-state index < -0.39 is 0 Å². The van der Waals surface area contributed by atoms with Gasteiger partial charge in [0, 0.05) is 26.1 Å². The third-order valence-electron chi connectivity index (χ3n) is 3.01. The van der Waals surface area contributed by atoms with Crippen molar-refractivity contribution in [3.63, 3.8) is 0 Å². The van der Waals surface area contributed by atoms with E-state index in [9.17, 15) is 0 Å². The quantitative estimate of drug-likeness (QED) is 0.859. The van der Waals surface area contributed by atoms with Crippen LogP contribution in [0.4, 0.5) is 5.82 Å². The molecule has 0 aliphatic rings. The van der Waals surface area contributed by atoms with E-state index in [4.69, 9.17) is 10.5 Å². The molecule has 0 spiro atoms. The van der Waals surface area contributed by atoms with Crippen LogP contribution in [-0.2, 0) is 4.74 Å². The molecule has 1 unspecified atom stereocenters. The van der Waals surface area contributed by atoms with Crippen LogP contribution in [0.1, 0.15) is 25.8 Å². The highest BCUT2D eigenvalue weighted by Gasteiger charge is 2.15. The Bertz CT molecular complexity index is 494. The van der Waals surface area contributed by atoms with Crippen molar-refractivity contribution >= 4 is 16.7 Å². The molecule has 2 aromatic heterocycles. The first-order valence-corrected chi connectivity index (χ1v) is 5.84. The molecule has 17 heavy (non-hydrogen) atoms. The lowest BCUT2D eigenvalue weighted by Crippen LogP contribution is -2.12. The van der Waals surface area contributed by atoms with Crippen LogP contribution in [0.5, 0.6) is 0 Å². The molecule has 0 saturated carbocycles. The van der Waals surface area contributed by atoms with Crippen LogP contribution in [0, 0.1) is 0 Å². The monoisotopic (exact) mass is 234 g/mol. The van der Waals surface area contributed by atoms with E-state index in [1.807, 2.05) is 10.7 Å². The lowest BCUT2D eigenvalue weighted by molar-refractivity contribution is 0.175. The van der Waals surface area contributed by atoms with Gasteiger partial charge >= 0.3 is 0 Å². The fourth-order valence-electron chi connectivity index (χ4n) is 2.04. The van der Waals surface area contributed by atoms with E-state index in [0.29, 0.717) is 11.9 Å². The number of hydrogen-bond donors (Lipinski definition) is 1. The molecule has 1 atom stereocenters. The Kier molecular flexibility index (Phi) is 3.58. The third kappa shape index (κ3) is 2.24. The molecule has 92 valence electrons. The zero-order valence-electron chi connectivity index (χ0n) is 10.3. The molecule has 0 aliphatic heterocycles. The summed E-state index contributed by atoms with van der Waals surface area (Å²) in [6, 6.07) is 2.27. The summed E-state index contributed by atoms with van der Waals surface area (Å²) in [6.07, 6.45) is 5.47. The van der Waals surface area contributed by atoms with Crippen LogP contribution in [0.3, 0.4) is 0 Å². The van der Waals surface area contributed by atoms with E-state index in [1.54, 1.807) is 19.5 Å². The van der Waals surface area contributed by atoms with Crippen molar-refractivity contribution in [1.29, 1.82) is 0 Å². The summed E-state index contributed by atoms with van der Waals surface area (Å²) in [4.78, 5) is 4.08. The molecule has 2 heterocycles. The average Bonchev–Trinajstić information content (AvgIpc) is 2.69. The van der Waals surface area contributed by atoms with Gasteiger partial charge in [-0.15, -0.1) is 0 Å². The normalized spacial score (nSPS) is 13.1. The Labute approximate surface area is 101 Å². The van der Waals surface area contributed by atoms with Gasteiger partial charge in [-0.1, -0.05) is 6.92 Å². The molecule has 0 saturated heterocycles. The van der Waals surface area contributed by atoms with Crippen molar-refractivity contribution in [1.82, 2.24) is 14.8 Å². The van der Waals surface area contributed by atoms with E-state index in [1.165, 1.54) is 0 Å². The Morgan fingerprint density at radius 3 is 3.06 bits per heavy atom. The van der Waals surface area contributed by atoms with Crippen LogP contribution in [-0.4, -0.2) is 28.5 Å². The topological polar surface area (TPSA) is 66.0 Å². The lowest BCUT2D eigenvalue weighted by Gasteiger charge is -2.15. The second kappa shape index (κ2) is 5.14. The number of nitrogens with zero attached hydrogens (tertiary/aromatic N) is 3. The first kappa shape index (κ1) is 11.9. The minimum atomic E-state index is 0.317. The molecule has 0 radical (unpaired) electrons. The fraction of sp³-hybridized carbons (Fsp3) is 0.500. The predicted octanol–water partition coefficient (Wildman–Crippen LogP) is 2.00. The molecule has 0 aliphatic carbocycles. The SMILES string of the molecule is CCC(CCOC)n1nc(N)c2cnccc21.